The Labute approximate surface area is 119 Å². The molecule has 0 aromatic carbocycles. The fourth-order valence-electron chi connectivity index (χ4n) is 1.69. The summed E-state index contributed by atoms with van der Waals surface area (Å²) in [6.45, 7) is 3.67. The summed E-state index contributed by atoms with van der Waals surface area (Å²) in [5, 5.41) is 7.24. The molecule has 0 saturated carbocycles. The first kappa shape index (κ1) is 13.9. The number of aromatic nitrogens is 4. The number of aryl methyl sites for hydroxylation is 3. The minimum absolute atomic E-state index is 0.0477. The quantitative estimate of drug-likeness (QED) is 0.907. The fraction of sp³-hybridized carbons (Fsp3) is 0.300. The number of hydrogen-bond acceptors (Lipinski definition) is 5. The zero-order valence-electron chi connectivity index (χ0n) is 10.5. The third kappa shape index (κ3) is 2.92. The molecule has 2 aromatic rings. The summed E-state index contributed by atoms with van der Waals surface area (Å²) >= 11 is 3.06. The first-order valence-electron chi connectivity index (χ1n) is 5.33. The zero-order valence-corrected chi connectivity index (χ0v) is 12.9. The minimum atomic E-state index is -3.79. The maximum absolute atomic E-state index is 12.2. The van der Waals surface area contributed by atoms with Crippen molar-refractivity contribution in [3.63, 3.8) is 0 Å². The van der Waals surface area contributed by atoms with Gasteiger partial charge in [0.1, 0.15) is 5.82 Å². The number of nitrogens with zero attached hydrogens (tertiary/aromatic N) is 4. The van der Waals surface area contributed by atoms with Crippen molar-refractivity contribution in [3.8, 4) is 0 Å². The highest BCUT2D eigenvalue weighted by atomic mass is 79.9. The third-order valence-electron chi connectivity index (χ3n) is 2.33. The normalized spacial score (nSPS) is 11.6. The van der Waals surface area contributed by atoms with Gasteiger partial charge in [-0.15, -0.1) is 5.10 Å². The van der Waals surface area contributed by atoms with Crippen molar-refractivity contribution in [2.75, 3.05) is 4.72 Å². The summed E-state index contributed by atoms with van der Waals surface area (Å²) in [5.74, 6) is 0.269. The summed E-state index contributed by atoms with van der Waals surface area (Å²) in [7, 11) is -2.29. The van der Waals surface area contributed by atoms with Gasteiger partial charge in [0.15, 0.2) is 4.60 Å². The summed E-state index contributed by atoms with van der Waals surface area (Å²) in [6.07, 6.45) is 0. The van der Waals surface area contributed by atoms with Gasteiger partial charge in [-0.25, -0.2) is 9.67 Å². The molecule has 9 heteroatoms. The summed E-state index contributed by atoms with van der Waals surface area (Å²) in [4.78, 5) is 4.13. The molecule has 0 atom stereocenters. The van der Waals surface area contributed by atoms with Crippen LogP contribution in [0.1, 0.15) is 11.3 Å². The van der Waals surface area contributed by atoms with E-state index in [2.05, 4.69) is 35.9 Å². The van der Waals surface area contributed by atoms with Gasteiger partial charge in [0.25, 0.3) is 10.0 Å². The van der Waals surface area contributed by atoms with Gasteiger partial charge in [0.2, 0.25) is 5.03 Å². The molecule has 0 aliphatic carbocycles. The van der Waals surface area contributed by atoms with Crippen LogP contribution in [-0.2, 0) is 17.1 Å². The Kier molecular flexibility index (Phi) is 3.59. The van der Waals surface area contributed by atoms with Gasteiger partial charge >= 0.3 is 0 Å². The lowest BCUT2D eigenvalue weighted by Gasteiger charge is -2.08. The molecular formula is C10H12BrN5O2S. The van der Waals surface area contributed by atoms with Gasteiger partial charge in [-0.3, -0.25) is 4.72 Å². The van der Waals surface area contributed by atoms with Crippen molar-refractivity contribution in [3.05, 3.63) is 28.0 Å². The van der Waals surface area contributed by atoms with Crippen LogP contribution in [0.25, 0.3) is 0 Å². The monoisotopic (exact) mass is 345 g/mol. The number of anilines is 1. The number of hydrogen-bond donors (Lipinski definition) is 1. The summed E-state index contributed by atoms with van der Waals surface area (Å²) < 4.78 is 28.2. The molecular weight excluding hydrogens is 334 g/mol. The first-order valence-corrected chi connectivity index (χ1v) is 7.60. The number of rotatable bonds is 3. The lowest BCUT2D eigenvalue weighted by atomic mass is 10.2. The Morgan fingerprint density at radius 2 is 2.00 bits per heavy atom. The smallest absolute Gasteiger partial charge is 0.262 e. The molecule has 102 valence electrons. The molecule has 1 N–H and O–H groups in total. The van der Waals surface area contributed by atoms with E-state index in [1.165, 1.54) is 11.7 Å². The Morgan fingerprint density at radius 3 is 2.53 bits per heavy atom. The molecule has 0 bridgehead atoms. The maximum Gasteiger partial charge on any atom is 0.283 e. The average molecular weight is 346 g/mol. The highest BCUT2D eigenvalue weighted by molar-refractivity contribution is 9.10. The Balaban J connectivity index is 2.42. The maximum atomic E-state index is 12.2. The van der Waals surface area contributed by atoms with Gasteiger partial charge < -0.3 is 0 Å². The zero-order chi connectivity index (χ0) is 14.2. The molecule has 0 saturated heterocycles. The molecule has 7 nitrogen and oxygen atoms in total. The lowest BCUT2D eigenvalue weighted by Crippen LogP contribution is -2.18. The Hall–Kier alpha value is -1.48. The number of nitrogens with one attached hydrogen (secondary N) is 1. The molecule has 0 aliphatic heterocycles. The van der Waals surface area contributed by atoms with Crippen molar-refractivity contribution < 1.29 is 8.42 Å². The van der Waals surface area contributed by atoms with E-state index in [1.807, 2.05) is 13.0 Å². The molecule has 0 amide bonds. The molecule has 2 rings (SSSR count). The molecule has 0 spiro atoms. The van der Waals surface area contributed by atoms with Crippen molar-refractivity contribution in [1.82, 2.24) is 20.0 Å². The lowest BCUT2D eigenvalue weighted by molar-refractivity contribution is 0.578. The fourth-order valence-corrected chi connectivity index (χ4v) is 3.78. The van der Waals surface area contributed by atoms with Crippen LogP contribution in [0.15, 0.2) is 21.8 Å². The van der Waals surface area contributed by atoms with E-state index in [4.69, 9.17) is 0 Å². The van der Waals surface area contributed by atoms with E-state index in [0.29, 0.717) is 0 Å². The standard InChI is InChI=1S/C10H12BrN5O2S/c1-6-4-7(2)12-8(5-6)14-19(17,18)10-9(11)13-15-16(10)3/h4-5H,1-3H3,(H,12,14). The van der Waals surface area contributed by atoms with Gasteiger partial charge in [0.05, 0.1) is 0 Å². The second kappa shape index (κ2) is 4.89. The van der Waals surface area contributed by atoms with Crippen LogP contribution in [0.4, 0.5) is 5.82 Å². The third-order valence-corrected chi connectivity index (χ3v) is 4.57. The van der Waals surface area contributed by atoms with Gasteiger partial charge in [0, 0.05) is 12.7 Å². The largest absolute Gasteiger partial charge is 0.283 e. The van der Waals surface area contributed by atoms with Crippen LogP contribution in [0.2, 0.25) is 0 Å². The molecule has 2 heterocycles. The average Bonchev–Trinajstić information content (AvgIpc) is 2.56. The van der Waals surface area contributed by atoms with Gasteiger partial charge in [-0.2, -0.15) is 8.42 Å². The number of sulfonamides is 1. The molecule has 0 fully saturated rings. The van der Waals surface area contributed by atoms with E-state index in [0.717, 1.165) is 11.3 Å². The molecule has 0 radical (unpaired) electrons. The number of pyridine rings is 1. The van der Waals surface area contributed by atoms with Crippen LogP contribution in [0, 0.1) is 13.8 Å². The highest BCUT2D eigenvalue weighted by Gasteiger charge is 2.24. The number of halogens is 1. The summed E-state index contributed by atoms with van der Waals surface area (Å²) in [6, 6.07) is 3.52. The SMILES string of the molecule is Cc1cc(C)nc(NS(=O)(=O)c2c(Br)nnn2C)c1. The second-order valence-electron chi connectivity index (χ2n) is 4.09. The molecule has 0 unspecified atom stereocenters. The van der Waals surface area contributed by atoms with Crippen molar-refractivity contribution in [1.29, 1.82) is 0 Å². The Morgan fingerprint density at radius 1 is 1.32 bits per heavy atom. The van der Waals surface area contributed by atoms with Crippen LogP contribution in [0.5, 0.6) is 0 Å². The highest BCUT2D eigenvalue weighted by Crippen LogP contribution is 2.21. The topological polar surface area (TPSA) is 89.8 Å². The molecule has 0 aliphatic rings. The van der Waals surface area contributed by atoms with E-state index in [-0.39, 0.29) is 15.4 Å². The van der Waals surface area contributed by atoms with E-state index in [9.17, 15) is 8.42 Å². The van der Waals surface area contributed by atoms with Crippen molar-refractivity contribution in [2.45, 2.75) is 18.9 Å². The second-order valence-corrected chi connectivity index (χ2v) is 6.43. The first-order chi connectivity index (χ1) is 8.79. The molecule has 2 aromatic heterocycles. The predicted molar refractivity (Wildman–Crippen MR) is 73.2 cm³/mol. The van der Waals surface area contributed by atoms with Crippen LogP contribution < -0.4 is 4.72 Å². The van der Waals surface area contributed by atoms with E-state index >= 15 is 0 Å². The van der Waals surface area contributed by atoms with Crippen LogP contribution in [0.3, 0.4) is 0 Å². The summed E-state index contributed by atoms with van der Waals surface area (Å²) in [5.41, 5.74) is 1.66. The van der Waals surface area contributed by atoms with E-state index < -0.39 is 10.0 Å². The minimum Gasteiger partial charge on any atom is -0.262 e. The van der Waals surface area contributed by atoms with Gasteiger partial charge in [-0.05, 0) is 47.5 Å². The predicted octanol–water partition coefficient (Wildman–Crippen LogP) is 1.39. The van der Waals surface area contributed by atoms with Crippen molar-refractivity contribution in [2.24, 2.45) is 7.05 Å². The van der Waals surface area contributed by atoms with E-state index in [1.54, 1.807) is 13.0 Å². The molecule has 19 heavy (non-hydrogen) atoms. The van der Waals surface area contributed by atoms with Crippen molar-refractivity contribution >= 4 is 31.8 Å². The van der Waals surface area contributed by atoms with Crippen LogP contribution >= 0.6 is 15.9 Å². The Bertz CT molecular complexity index is 686. The van der Waals surface area contributed by atoms with Crippen LogP contribution in [-0.4, -0.2) is 28.4 Å². The van der Waals surface area contributed by atoms with Gasteiger partial charge in [-0.1, -0.05) is 5.21 Å².